The third-order valence-corrected chi connectivity index (χ3v) is 4.99. The van der Waals surface area contributed by atoms with Gasteiger partial charge in [-0.2, -0.15) is 13.2 Å². The van der Waals surface area contributed by atoms with Crippen molar-refractivity contribution in [3.8, 4) is 0 Å². The number of hydrogen-bond acceptors (Lipinski definition) is 2. The molecule has 0 aromatic heterocycles. The zero-order valence-corrected chi connectivity index (χ0v) is 14.7. The third kappa shape index (κ3) is 4.39. The van der Waals surface area contributed by atoms with E-state index in [9.17, 15) is 21.6 Å². The van der Waals surface area contributed by atoms with Crippen LogP contribution in [0.4, 0.5) is 18.9 Å². The summed E-state index contributed by atoms with van der Waals surface area (Å²) in [6, 6.07) is 7.07. The van der Waals surface area contributed by atoms with Gasteiger partial charge in [-0.25, -0.2) is 8.42 Å². The van der Waals surface area contributed by atoms with E-state index in [1.807, 2.05) is 0 Å². The van der Waals surface area contributed by atoms with Crippen molar-refractivity contribution in [2.45, 2.75) is 18.0 Å². The number of nitrogens with one attached hydrogen (secondary N) is 1. The maximum Gasteiger partial charge on any atom is 0.416 e. The number of hydrogen-bond donors (Lipinski definition) is 1. The number of anilines is 1. The van der Waals surface area contributed by atoms with Gasteiger partial charge >= 0.3 is 6.18 Å². The number of sulfonamides is 1. The van der Waals surface area contributed by atoms with Crippen LogP contribution in [0, 0.1) is 6.92 Å². The molecule has 2 aromatic rings. The van der Waals surface area contributed by atoms with Gasteiger partial charge < -0.3 is 0 Å². The Morgan fingerprint density at radius 2 is 1.78 bits per heavy atom. The number of halogens is 5. The molecule has 2 rings (SSSR count). The van der Waals surface area contributed by atoms with Gasteiger partial charge in [0.1, 0.15) is 0 Å². The van der Waals surface area contributed by atoms with Crippen LogP contribution in [0.25, 0.3) is 0 Å². The lowest BCUT2D eigenvalue weighted by Crippen LogP contribution is -2.15. The van der Waals surface area contributed by atoms with E-state index in [-0.39, 0.29) is 15.2 Å². The molecule has 0 spiro atoms. The summed E-state index contributed by atoms with van der Waals surface area (Å²) in [6.45, 7) is 1.77. The summed E-state index contributed by atoms with van der Waals surface area (Å²) in [5, 5.41) is 0.152. The Balaban J connectivity index is 2.46. The highest BCUT2D eigenvalue weighted by molar-refractivity contribution is 9.10. The van der Waals surface area contributed by atoms with Crippen molar-refractivity contribution in [2.75, 3.05) is 4.72 Å². The van der Waals surface area contributed by atoms with Crippen LogP contribution in [0.1, 0.15) is 11.1 Å². The molecule has 0 radical (unpaired) electrons. The maximum atomic E-state index is 12.8. The van der Waals surface area contributed by atoms with E-state index < -0.39 is 26.7 Å². The molecule has 0 heterocycles. The molecule has 1 N–H and O–H groups in total. The Morgan fingerprint density at radius 1 is 1.13 bits per heavy atom. The van der Waals surface area contributed by atoms with Crippen molar-refractivity contribution in [3.05, 3.63) is 57.0 Å². The van der Waals surface area contributed by atoms with Crippen LogP contribution in [0.15, 0.2) is 45.8 Å². The fourth-order valence-corrected chi connectivity index (χ4v) is 3.92. The quantitative estimate of drug-likeness (QED) is 0.727. The number of benzene rings is 2. The highest BCUT2D eigenvalue weighted by Gasteiger charge is 2.32. The van der Waals surface area contributed by atoms with Crippen molar-refractivity contribution in [1.29, 1.82) is 0 Å². The van der Waals surface area contributed by atoms with Crippen molar-refractivity contribution in [2.24, 2.45) is 0 Å². The van der Waals surface area contributed by atoms with Crippen LogP contribution in [-0.4, -0.2) is 8.42 Å². The van der Waals surface area contributed by atoms with Gasteiger partial charge in [0.25, 0.3) is 10.0 Å². The summed E-state index contributed by atoms with van der Waals surface area (Å²) < 4.78 is 65.3. The lowest BCUT2D eigenvalue weighted by Gasteiger charge is -2.13. The van der Waals surface area contributed by atoms with Crippen molar-refractivity contribution >= 4 is 43.2 Å². The first-order chi connectivity index (χ1) is 10.5. The molecule has 0 unspecified atom stereocenters. The predicted octanol–water partition coefficient (Wildman–Crippen LogP) is 5.23. The fourth-order valence-electron chi connectivity index (χ4n) is 1.79. The van der Waals surface area contributed by atoms with Gasteiger partial charge in [0, 0.05) is 4.47 Å². The minimum Gasteiger partial charge on any atom is -0.278 e. The molecule has 2 aromatic carbocycles. The van der Waals surface area contributed by atoms with Gasteiger partial charge in [-0.05, 0) is 42.8 Å². The lowest BCUT2D eigenvalue weighted by molar-refractivity contribution is -0.137. The van der Waals surface area contributed by atoms with E-state index in [0.717, 1.165) is 17.7 Å². The minimum atomic E-state index is -4.66. The Hall–Kier alpha value is -1.25. The molecule has 0 saturated heterocycles. The molecular weight excluding hydrogens is 419 g/mol. The molecule has 0 saturated carbocycles. The average molecular weight is 429 g/mol. The summed E-state index contributed by atoms with van der Waals surface area (Å²) >= 11 is 8.83. The molecule has 9 heteroatoms. The largest absolute Gasteiger partial charge is 0.416 e. The number of alkyl halides is 3. The number of rotatable bonds is 3. The summed E-state index contributed by atoms with van der Waals surface area (Å²) in [6.07, 6.45) is -4.66. The Kier molecular flexibility index (Phi) is 4.98. The van der Waals surface area contributed by atoms with Gasteiger partial charge in [0.2, 0.25) is 0 Å². The van der Waals surface area contributed by atoms with Crippen molar-refractivity contribution in [1.82, 2.24) is 0 Å². The molecule has 23 heavy (non-hydrogen) atoms. The van der Waals surface area contributed by atoms with Crippen LogP contribution in [0.2, 0.25) is 5.02 Å². The number of aryl methyl sites for hydroxylation is 1. The van der Waals surface area contributed by atoms with Gasteiger partial charge in [0.15, 0.2) is 0 Å². The van der Waals surface area contributed by atoms with E-state index >= 15 is 0 Å². The summed E-state index contributed by atoms with van der Waals surface area (Å²) in [5.41, 5.74) is -0.159. The minimum absolute atomic E-state index is 0.00250. The van der Waals surface area contributed by atoms with Gasteiger partial charge in [-0.1, -0.05) is 33.6 Å². The van der Waals surface area contributed by atoms with E-state index in [1.165, 1.54) is 6.07 Å². The van der Waals surface area contributed by atoms with E-state index in [1.54, 1.807) is 19.1 Å². The van der Waals surface area contributed by atoms with E-state index in [2.05, 4.69) is 20.7 Å². The zero-order chi connectivity index (χ0) is 17.4. The normalized spacial score (nSPS) is 12.3. The molecule has 124 valence electrons. The molecule has 0 fully saturated rings. The Bertz CT molecular complexity index is 854. The second-order valence-electron chi connectivity index (χ2n) is 4.76. The van der Waals surface area contributed by atoms with Crippen LogP contribution in [0.3, 0.4) is 0 Å². The van der Waals surface area contributed by atoms with E-state index in [4.69, 9.17) is 11.6 Å². The molecule has 3 nitrogen and oxygen atoms in total. The van der Waals surface area contributed by atoms with Crippen LogP contribution in [-0.2, 0) is 16.2 Å². The zero-order valence-electron chi connectivity index (χ0n) is 11.6. The predicted molar refractivity (Wildman–Crippen MR) is 86.1 cm³/mol. The lowest BCUT2D eigenvalue weighted by atomic mass is 10.2. The Morgan fingerprint density at radius 3 is 2.35 bits per heavy atom. The molecule has 0 atom stereocenters. The van der Waals surface area contributed by atoms with Crippen LogP contribution < -0.4 is 4.72 Å². The van der Waals surface area contributed by atoms with Gasteiger partial charge in [-0.15, -0.1) is 0 Å². The second-order valence-corrected chi connectivity index (χ2v) is 7.77. The fraction of sp³-hybridized carbons (Fsp3) is 0.143. The summed E-state index contributed by atoms with van der Waals surface area (Å²) in [5.74, 6) is 0. The molecule has 0 amide bonds. The second kappa shape index (κ2) is 6.33. The molecular formula is C14H10BrClF3NO2S. The van der Waals surface area contributed by atoms with Gasteiger partial charge in [-0.3, -0.25) is 4.72 Å². The summed E-state index contributed by atoms with van der Waals surface area (Å²) in [7, 11) is -4.22. The van der Waals surface area contributed by atoms with Gasteiger partial charge in [0.05, 0.1) is 21.2 Å². The smallest absolute Gasteiger partial charge is 0.278 e. The monoisotopic (exact) mass is 427 g/mol. The molecule has 0 aliphatic carbocycles. The average Bonchev–Trinajstić information content (AvgIpc) is 2.40. The standard InChI is InChI=1S/C14H10BrClF3NO2S/c1-8-2-3-13(12(16)4-8)20-23(21,22)11-6-9(14(17,18)19)5-10(15)7-11/h2-7,20H,1H3. The highest BCUT2D eigenvalue weighted by Crippen LogP contribution is 2.34. The third-order valence-electron chi connectivity index (χ3n) is 2.88. The SMILES string of the molecule is Cc1ccc(NS(=O)(=O)c2cc(Br)cc(C(F)(F)F)c2)c(Cl)c1. The highest BCUT2D eigenvalue weighted by atomic mass is 79.9. The topological polar surface area (TPSA) is 46.2 Å². The molecule has 0 bridgehead atoms. The first-order valence-electron chi connectivity index (χ1n) is 6.16. The summed E-state index contributed by atoms with van der Waals surface area (Å²) in [4.78, 5) is -0.518. The maximum absolute atomic E-state index is 12.8. The van der Waals surface area contributed by atoms with Crippen LogP contribution >= 0.6 is 27.5 Å². The van der Waals surface area contributed by atoms with Crippen LogP contribution in [0.5, 0.6) is 0 Å². The molecule has 0 aliphatic rings. The first-order valence-corrected chi connectivity index (χ1v) is 8.81. The van der Waals surface area contributed by atoms with E-state index in [0.29, 0.717) is 6.07 Å². The van der Waals surface area contributed by atoms with Crippen molar-refractivity contribution in [3.63, 3.8) is 0 Å². The first kappa shape index (κ1) is 18.1. The molecule has 0 aliphatic heterocycles. The Labute approximate surface area is 144 Å². The van der Waals surface area contributed by atoms with Crippen molar-refractivity contribution < 1.29 is 21.6 Å².